The predicted molar refractivity (Wildman–Crippen MR) is 67.8 cm³/mol. The molecule has 2 N–H and O–H groups in total. The Bertz CT molecular complexity index is 372. The summed E-state index contributed by atoms with van der Waals surface area (Å²) in [5.41, 5.74) is -0.684. The van der Waals surface area contributed by atoms with Crippen LogP contribution in [0.3, 0.4) is 0 Å². The first kappa shape index (κ1) is 15.5. The van der Waals surface area contributed by atoms with Gasteiger partial charge in [0.15, 0.2) is 0 Å². The van der Waals surface area contributed by atoms with Gasteiger partial charge in [0.2, 0.25) is 0 Å². The number of nitrogens with one attached hydrogen (secondary N) is 1. The predicted octanol–water partition coefficient (Wildman–Crippen LogP) is 1.72. The van der Waals surface area contributed by atoms with Crippen LogP contribution in [-0.4, -0.2) is 34.6 Å². The Kier molecular flexibility index (Phi) is 4.91. The fraction of sp³-hybridized carbons (Fsp3) is 0.769. The van der Waals surface area contributed by atoms with Crippen LogP contribution in [0.15, 0.2) is 0 Å². The number of carbonyl (C=O) groups is 3. The third-order valence-corrected chi connectivity index (χ3v) is 2.94. The molecule has 1 rings (SSSR count). The van der Waals surface area contributed by atoms with Gasteiger partial charge in [0.25, 0.3) is 0 Å². The van der Waals surface area contributed by atoms with Crippen molar-refractivity contribution in [3.63, 3.8) is 0 Å². The summed E-state index contributed by atoms with van der Waals surface area (Å²) in [5, 5.41) is 11.4. The molecule has 0 aliphatic heterocycles. The molecule has 19 heavy (non-hydrogen) atoms. The molecule has 2 atom stereocenters. The van der Waals surface area contributed by atoms with Crippen molar-refractivity contribution < 1.29 is 24.2 Å². The molecule has 1 saturated carbocycles. The van der Waals surface area contributed by atoms with E-state index in [9.17, 15) is 14.4 Å². The first-order chi connectivity index (χ1) is 8.69. The van der Waals surface area contributed by atoms with E-state index in [0.717, 1.165) is 6.42 Å². The molecule has 0 radical (unpaired) electrons. The lowest BCUT2D eigenvalue weighted by Crippen LogP contribution is -2.44. The number of amides is 1. The number of carbonyl (C=O) groups excluding carboxylic acids is 2. The van der Waals surface area contributed by atoms with Crippen LogP contribution in [0.4, 0.5) is 4.79 Å². The highest BCUT2D eigenvalue weighted by atomic mass is 16.6. The third kappa shape index (κ3) is 5.28. The largest absolute Gasteiger partial charge is 0.480 e. The average Bonchev–Trinajstić information content (AvgIpc) is 2.60. The summed E-state index contributed by atoms with van der Waals surface area (Å²) in [4.78, 5) is 34.2. The Morgan fingerprint density at radius 2 is 2.11 bits per heavy atom. The fourth-order valence-corrected chi connectivity index (χ4v) is 2.09. The molecular formula is C13H21NO5. The number of hydrogen-bond donors (Lipinski definition) is 2. The van der Waals surface area contributed by atoms with E-state index in [1.807, 2.05) is 0 Å². The molecule has 1 aliphatic carbocycles. The van der Waals surface area contributed by atoms with Crippen LogP contribution in [0.1, 0.15) is 46.5 Å². The molecular weight excluding hydrogens is 250 g/mol. The van der Waals surface area contributed by atoms with E-state index in [0.29, 0.717) is 12.8 Å². The number of carboxylic acids is 1. The van der Waals surface area contributed by atoms with Crippen molar-refractivity contribution in [3.8, 4) is 0 Å². The average molecular weight is 271 g/mol. The van der Waals surface area contributed by atoms with Crippen LogP contribution in [0.2, 0.25) is 0 Å². The summed E-state index contributed by atoms with van der Waals surface area (Å²) < 4.78 is 5.01. The van der Waals surface area contributed by atoms with Gasteiger partial charge in [-0.15, -0.1) is 0 Å². The van der Waals surface area contributed by atoms with E-state index in [4.69, 9.17) is 9.84 Å². The molecule has 0 unspecified atom stereocenters. The molecule has 0 saturated heterocycles. The summed E-state index contributed by atoms with van der Waals surface area (Å²) in [6.07, 6.45) is 1.35. The first-order valence-corrected chi connectivity index (χ1v) is 6.44. The third-order valence-electron chi connectivity index (χ3n) is 2.94. The zero-order chi connectivity index (χ0) is 14.6. The lowest BCUT2D eigenvalue weighted by atomic mass is 9.97. The van der Waals surface area contributed by atoms with Crippen molar-refractivity contribution in [2.75, 3.05) is 0 Å². The summed E-state index contributed by atoms with van der Waals surface area (Å²) in [7, 11) is 0. The first-order valence-electron chi connectivity index (χ1n) is 6.44. The maximum atomic E-state index is 11.5. The highest BCUT2D eigenvalue weighted by Crippen LogP contribution is 2.25. The van der Waals surface area contributed by atoms with Crippen molar-refractivity contribution in [3.05, 3.63) is 0 Å². The minimum absolute atomic E-state index is 0.0808. The quantitative estimate of drug-likeness (QED) is 0.812. The smallest absolute Gasteiger partial charge is 0.408 e. The summed E-state index contributed by atoms with van der Waals surface area (Å²) >= 11 is 0. The van der Waals surface area contributed by atoms with E-state index < -0.39 is 23.7 Å². The van der Waals surface area contributed by atoms with Crippen molar-refractivity contribution in [2.45, 2.75) is 58.1 Å². The fourth-order valence-electron chi connectivity index (χ4n) is 2.09. The van der Waals surface area contributed by atoms with Gasteiger partial charge in [0.05, 0.1) is 0 Å². The minimum Gasteiger partial charge on any atom is -0.480 e. The van der Waals surface area contributed by atoms with Crippen LogP contribution < -0.4 is 5.32 Å². The summed E-state index contributed by atoms with van der Waals surface area (Å²) in [6.45, 7) is 5.09. The van der Waals surface area contributed by atoms with Crippen LogP contribution in [0.25, 0.3) is 0 Å². The van der Waals surface area contributed by atoms with Gasteiger partial charge in [-0.25, -0.2) is 9.59 Å². The second-order valence-electron chi connectivity index (χ2n) is 5.83. The Morgan fingerprint density at radius 1 is 1.47 bits per heavy atom. The van der Waals surface area contributed by atoms with Gasteiger partial charge < -0.3 is 15.2 Å². The molecule has 108 valence electrons. The number of carboxylic acid groups (broad SMARTS) is 1. The zero-order valence-electron chi connectivity index (χ0n) is 11.6. The maximum Gasteiger partial charge on any atom is 0.408 e. The monoisotopic (exact) mass is 271 g/mol. The molecule has 6 nitrogen and oxygen atoms in total. The second kappa shape index (κ2) is 6.04. The van der Waals surface area contributed by atoms with Crippen LogP contribution >= 0.6 is 0 Å². The lowest BCUT2D eigenvalue weighted by Gasteiger charge is -2.22. The molecule has 1 aliphatic rings. The number of ether oxygens (including phenoxy) is 1. The maximum absolute atomic E-state index is 11.5. The van der Waals surface area contributed by atoms with Gasteiger partial charge in [-0.05, 0) is 40.0 Å². The molecule has 6 heteroatoms. The summed E-state index contributed by atoms with van der Waals surface area (Å²) in [5.74, 6) is -1.33. The van der Waals surface area contributed by atoms with E-state index in [1.165, 1.54) is 0 Å². The molecule has 0 aromatic heterocycles. The molecule has 0 spiro atoms. The highest BCUT2D eigenvalue weighted by Gasteiger charge is 2.32. The number of hydrogen-bond acceptors (Lipinski definition) is 4. The Hall–Kier alpha value is -1.59. The SMILES string of the molecule is CC(C)(C)OC(=O)N[C@@H](C[C@@H]1CCCC1=O)C(=O)O. The van der Waals surface area contributed by atoms with Gasteiger partial charge in [0, 0.05) is 12.3 Å². The number of rotatable bonds is 4. The van der Waals surface area contributed by atoms with E-state index in [-0.39, 0.29) is 18.1 Å². The van der Waals surface area contributed by atoms with E-state index >= 15 is 0 Å². The van der Waals surface area contributed by atoms with E-state index in [2.05, 4.69) is 5.32 Å². The Balaban J connectivity index is 2.56. The van der Waals surface area contributed by atoms with Crippen molar-refractivity contribution in [1.82, 2.24) is 5.32 Å². The Morgan fingerprint density at radius 3 is 2.53 bits per heavy atom. The number of ketones is 1. The van der Waals surface area contributed by atoms with Crippen LogP contribution in [0, 0.1) is 5.92 Å². The van der Waals surface area contributed by atoms with Crippen molar-refractivity contribution in [1.29, 1.82) is 0 Å². The summed E-state index contributed by atoms with van der Waals surface area (Å²) in [6, 6.07) is -1.08. The van der Waals surface area contributed by atoms with Gasteiger partial charge in [-0.3, -0.25) is 4.79 Å². The second-order valence-corrected chi connectivity index (χ2v) is 5.83. The van der Waals surface area contributed by atoms with E-state index in [1.54, 1.807) is 20.8 Å². The normalized spacial score (nSPS) is 21.0. The topological polar surface area (TPSA) is 92.7 Å². The Labute approximate surface area is 112 Å². The van der Waals surface area contributed by atoms with Gasteiger partial charge >= 0.3 is 12.1 Å². The lowest BCUT2D eigenvalue weighted by molar-refractivity contribution is -0.140. The molecule has 0 heterocycles. The van der Waals surface area contributed by atoms with Gasteiger partial charge in [0.1, 0.15) is 17.4 Å². The zero-order valence-corrected chi connectivity index (χ0v) is 11.6. The number of aliphatic carboxylic acids is 1. The standard InChI is InChI=1S/C13H21NO5/c1-13(2,3)19-12(18)14-9(11(16)17)7-8-5-4-6-10(8)15/h8-9H,4-7H2,1-3H3,(H,14,18)(H,16,17)/t8-,9-/m0/s1. The van der Waals surface area contributed by atoms with Crippen molar-refractivity contribution in [2.24, 2.45) is 5.92 Å². The molecule has 1 fully saturated rings. The number of Topliss-reactive ketones (excluding diaryl/α,β-unsaturated/α-hetero) is 1. The van der Waals surface area contributed by atoms with Crippen LogP contribution in [0.5, 0.6) is 0 Å². The number of alkyl carbamates (subject to hydrolysis) is 1. The highest BCUT2D eigenvalue weighted by molar-refractivity contribution is 5.85. The molecule has 0 bridgehead atoms. The van der Waals surface area contributed by atoms with Gasteiger partial charge in [-0.2, -0.15) is 0 Å². The van der Waals surface area contributed by atoms with Gasteiger partial charge in [-0.1, -0.05) is 0 Å². The molecule has 0 aromatic carbocycles. The molecule has 0 aromatic rings. The molecule has 1 amide bonds. The van der Waals surface area contributed by atoms with Crippen LogP contribution in [-0.2, 0) is 14.3 Å². The minimum atomic E-state index is -1.15. The van der Waals surface area contributed by atoms with Crippen molar-refractivity contribution >= 4 is 17.8 Å².